The lowest BCUT2D eigenvalue weighted by molar-refractivity contribution is -0.380. The van der Waals surface area contributed by atoms with Crippen molar-refractivity contribution in [2.24, 2.45) is 0 Å². The first-order chi connectivity index (χ1) is 15.2. The number of hydrogen-bond acceptors (Lipinski definition) is 6. The number of aromatic nitrogens is 3. The Bertz CT molecular complexity index is 1320. The van der Waals surface area contributed by atoms with Crippen molar-refractivity contribution in [3.05, 3.63) is 69.3 Å². The van der Waals surface area contributed by atoms with Gasteiger partial charge in [0, 0.05) is 30.6 Å². The van der Waals surface area contributed by atoms with Crippen LogP contribution in [-0.4, -0.2) is 25.4 Å². The van der Waals surface area contributed by atoms with E-state index in [4.69, 9.17) is 4.98 Å². The number of nitrogens with zero attached hydrogens (tertiary/aromatic N) is 4. The number of thiophene rings is 1. The van der Waals surface area contributed by atoms with Gasteiger partial charge >= 0.3 is 5.00 Å². The number of fused-ring (bicyclic) bond motifs is 1. The molecule has 1 amide bonds. The summed E-state index contributed by atoms with van der Waals surface area (Å²) in [7, 11) is 0. The molecule has 0 bridgehead atoms. The third kappa shape index (κ3) is 4.24. The van der Waals surface area contributed by atoms with E-state index in [0.29, 0.717) is 22.5 Å². The molecule has 0 saturated heterocycles. The lowest BCUT2D eigenvalue weighted by atomic mass is 9.87. The molecule has 0 spiro atoms. The average molecular weight is 450 g/mol. The van der Waals surface area contributed by atoms with Gasteiger partial charge < -0.3 is 9.88 Å². The van der Waals surface area contributed by atoms with Crippen LogP contribution in [0.25, 0.3) is 22.3 Å². The maximum Gasteiger partial charge on any atom is 0.324 e. The van der Waals surface area contributed by atoms with Gasteiger partial charge in [0.1, 0.15) is 5.82 Å². The maximum atomic E-state index is 12.8. The molecule has 3 heterocycles. The Morgan fingerprint density at radius 2 is 1.84 bits per heavy atom. The van der Waals surface area contributed by atoms with Gasteiger partial charge in [-0.25, -0.2) is 9.97 Å². The molecule has 164 valence electrons. The zero-order valence-electron chi connectivity index (χ0n) is 18.2. The SMILES string of the molecule is CCn1cc2nc(-c3ccc(C(C)(C)C)cc3)nc(NC(=O)c3ccc([N+](=O)[O-])s3)c2c1. The fourth-order valence-electron chi connectivity index (χ4n) is 3.32. The fourth-order valence-corrected chi connectivity index (χ4v) is 4.03. The van der Waals surface area contributed by atoms with Crippen LogP contribution in [0.1, 0.15) is 42.9 Å². The molecule has 1 N–H and O–H groups in total. The summed E-state index contributed by atoms with van der Waals surface area (Å²) in [5.74, 6) is 0.429. The molecule has 8 nitrogen and oxygen atoms in total. The highest BCUT2D eigenvalue weighted by molar-refractivity contribution is 7.17. The molecule has 4 rings (SSSR count). The first-order valence-corrected chi connectivity index (χ1v) is 11.0. The molecule has 0 aliphatic heterocycles. The van der Waals surface area contributed by atoms with Gasteiger partial charge in [0.2, 0.25) is 0 Å². The Hall–Kier alpha value is -3.59. The summed E-state index contributed by atoms with van der Waals surface area (Å²) in [5, 5.41) is 14.4. The van der Waals surface area contributed by atoms with Crippen LogP contribution in [0.15, 0.2) is 48.8 Å². The molecule has 0 aliphatic rings. The molecule has 4 aromatic rings. The highest BCUT2D eigenvalue weighted by Crippen LogP contribution is 2.30. The van der Waals surface area contributed by atoms with Crippen molar-refractivity contribution in [2.45, 2.75) is 39.7 Å². The molecule has 0 atom stereocenters. The van der Waals surface area contributed by atoms with Crippen LogP contribution in [0.4, 0.5) is 10.8 Å². The Balaban J connectivity index is 1.74. The molecule has 32 heavy (non-hydrogen) atoms. The third-order valence-corrected chi connectivity index (χ3v) is 6.20. The molecule has 1 aromatic carbocycles. The van der Waals surface area contributed by atoms with E-state index >= 15 is 0 Å². The lowest BCUT2D eigenvalue weighted by Crippen LogP contribution is -2.12. The zero-order chi connectivity index (χ0) is 23.0. The van der Waals surface area contributed by atoms with Crippen molar-refractivity contribution >= 4 is 39.0 Å². The fraction of sp³-hybridized carbons (Fsp3) is 0.261. The van der Waals surface area contributed by atoms with E-state index in [1.165, 1.54) is 17.7 Å². The van der Waals surface area contributed by atoms with E-state index in [2.05, 4.69) is 43.2 Å². The van der Waals surface area contributed by atoms with Crippen LogP contribution in [-0.2, 0) is 12.0 Å². The van der Waals surface area contributed by atoms with Crippen molar-refractivity contribution in [3.63, 3.8) is 0 Å². The van der Waals surface area contributed by atoms with Crippen molar-refractivity contribution in [2.75, 3.05) is 5.32 Å². The summed E-state index contributed by atoms with van der Waals surface area (Å²) in [5.41, 5.74) is 2.78. The topological polar surface area (TPSA) is 103 Å². The molecular formula is C23H23N5O3S. The number of hydrogen-bond donors (Lipinski definition) is 1. The quantitative estimate of drug-likeness (QED) is 0.314. The minimum atomic E-state index is -0.509. The van der Waals surface area contributed by atoms with Crippen molar-refractivity contribution in [1.82, 2.24) is 14.5 Å². The maximum absolute atomic E-state index is 12.8. The van der Waals surface area contributed by atoms with Crippen LogP contribution < -0.4 is 5.32 Å². The molecule has 9 heteroatoms. The molecule has 0 saturated carbocycles. The summed E-state index contributed by atoms with van der Waals surface area (Å²) >= 11 is 0.828. The molecule has 0 aliphatic carbocycles. The van der Waals surface area contributed by atoms with E-state index in [1.807, 2.05) is 36.0 Å². The molecule has 0 fully saturated rings. The standard InChI is InChI=1S/C23H23N5O3S/c1-5-27-12-16-17(13-27)24-20(14-6-8-15(9-7-14)23(2,3)4)25-21(16)26-22(29)18-10-11-19(32-18)28(30)31/h6-13H,5H2,1-4H3,(H,24,25,26,29). The second-order valence-corrected chi connectivity index (χ2v) is 9.52. The summed E-state index contributed by atoms with van der Waals surface area (Å²) in [6, 6.07) is 10.8. The van der Waals surface area contributed by atoms with E-state index in [1.54, 1.807) is 0 Å². The second-order valence-electron chi connectivity index (χ2n) is 8.46. The van der Waals surface area contributed by atoms with Crippen molar-refractivity contribution in [3.8, 4) is 11.4 Å². The average Bonchev–Trinajstić information content (AvgIpc) is 3.40. The third-order valence-electron chi connectivity index (χ3n) is 5.16. The normalized spacial score (nSPS) is 11.6. The number of rotatable bonds is 5. The summed E-state index contributed by atoms with van der Waals surface area (Å²) in [6.45, 7) is 9.22. The monoisotopic (exact) mass is 449 g/mol. The number of benzene rings is 1. The van der Waals surface area contributed by atoms with Crippen LogP contribution in [0.5, 0.6) is 0 Å². The minimum absolute atomic E-state index is 0.0319. The first-order valence-electron chi connectivity index (χ1n) is 10.2. The molecular weight excluding hydrogens is 426 g/mol. The van der Waals surface area contributed by atoms with Crippen LogP contribution in [0, 0.1) is 10.1 Å². The van der Waals surface area contributed by atoms with Crippen LogP contribution in [0.3, 0.4) is 0 Å². The Labute approximate surface area is 189 Å². The van der Waals surface area contributed by atoms with E-state index < -0.39 is 10.8 Å². The Morgan fingerprint density at radius 3 is 2.44 bits per heavy atom. The minimum Gasteiger partial charge on any atom is -0.352 e. The summed E-state index contributed by atoms with van der Waals surface area (Å²) in [4.78, 5) is 32.8. The number of nitro groups is 1. The number of carbonyl (C=O) groups excluding carboxylic acids is 1. The number of amides is 1. The van der Waals surface area contributed by atoms with Gasteiger partial charge in [-0.3, -0.25) is 14.9 Å². The highest BCUT2D eigenvalue weighted by Gasteiger charge is 2.19. The lowest BCUT2D eigenvalue weighted by Gasteiger charge is -2.19. The van der Waals surface area contributed by atoms with E-state index in [-0.39, 0.29) is 15.3 Å². The molecule has 0 radical (unpaired) electrons. The smallest absolute Gasteiger partial charge is 0.324 e. The van der Waals surface area contributed by atoms with Crippen LogP contribution in [0.2, 0.25) is 0 Å². The molecule has 0 unspecified atom stereocenters. The number of carbonyl (C=O) groups is 1. The van der Waals surface area contributed by atoms with E-state index in [0.717, 1.165) is 23.4 Å². The highest BCUT2D eigenvalue weighted by atomic mass is 32.1. The van der Waals surface area contributed by atoms with Gasteiger partial charge in [-0.1, -0.05) is 56.4 Å². The van der Waals surface area contributed by atoms with Gasteiger partial charge in [-0.2, -0.15) is 0 Å². The van der Waals surface area contributed by atoms with Gasteiger partial charge in [-0.15, -0.1) is 0 Å². The number of aryl methyl sites for hydroxylation is 1. The predicted octanol–water partition coefficient (Wildman–Crippen LogP) is 5.64. The van der Waals surface area contributed by atoms with Gasteiger partial charge in [0.15, 0.2) is 5.82 Å². The predicted molar refractivity (Wildman–Crippen MR) is 126 cm³/mol. The Kier molecular flexibility index (Phi) is 5.52. The van der Waals surface area contributed by atoms with Crippen molar-refractivity contribution in [1.29, 1.82) is 0 Å². The van der Waals surface area contributed by atoms with Gasteiger partial charge in [-0.05, 0) is 24.0 Å². The number of nitrogens with one attached hydrogen (secondary N) is 1. The summed E-state index contributed by atoms with van der Waals surface area (Å²) < 4.78 is 1.97. The van der Waals surface area contributed by atoms with Crippen molar-refractivity contribution < 1.29 is 9.72 Å². The Morgan fingerprint density at radius 1 is 1.12 bits per heavy atom. The number of anilines is 1. The van der Waals surface area contributed by atoms with Crippen LogP contribution >= 0.6 is 11.3 Å². The van der Waals surface area contributed by atoms with Gasteiger partial charge in [0.05, 0.1) is 20.7 Å². The first kappa shape index (κ1) is 21.6. The zero-order valence-corrected chi connectivity index (χ0v) is 19.1. The van der Waals surface area contributed by atoms with Gasteiger partial charge in [0.25, 0.3) is 5.91 Å². The largest absolute Gasteiger partial charge is 0.352 e. The second kappa shape index (κ2) is 8.16. The van der Waals surface area contributed by atoms with E-state index in [9.17, 15) is 14.9 Å². The molecule has 3 aromatic heterocycles. The summed E-state index contributed by atoms with van der Waals surface area (Å²) in [6.07, 6.45) is 3.80.